The summed E-state index contributed by atoms with van der Waals surface area (Å²) in [4.78, 5) is 12.8. The van der Waals surface area contributed by atoms with Crippen LogP contribution in [0.1, 0.15) is 17.7 Å². The predicted octanol–water partition coefficient (Wildman–Crippen LogP) is 5.45. The van der Waals surface area contributed by atoms with Gasteiger partial charge in [-0.2, -0.15) is 23.5 Å². The number of aromatic nitrogens is 5. The molecule has 4 aromatic rings. The van der Waals surface area contributed by atoms with Gasteiger partial charge in [0.15, 0.2) is 0 Å². The van der Waals surface area contributed by atoms with Gasteiger partial charge in [0.1, 0.15) is 10.7 Å². The molecule has 162 valence electrons. The third-order valence-corrected chi connectivity index (χ3v) is 5.50. The molecule has 0 atom stereocenters. The lowest BCUT2D eigenvalue weighted by Gasteiger charge is -2.10. The van der Waals surface area contributed by atoms with Crippen molar-refractivity contribution in [3.63, 3.8) is 0 Å². The van der Waals surface area contributed by atoms with Gasteiger partial charge in [-0.25, -0.2) is 15.0 Å². The molecule has 3 heterocycles. The van der Waals surface area contributed by atoms with Gasteiger partial charge in [-0.1, -0.05) is 6.07 Å². The third kappa shape index (κ3) is 4.92. The Morgan fingerprint density at radius 3 is 2.78 bits per heavy atom. The molecule has 3 aromatic heterocycles. The Morgan fingerprint density at radius 1 is 1.16 bits per heavy atom. The second-order valence-electron chi connectivity index (χ2n) is 6.91. The van der Waals surface area contributed by atoms with Crippen molar-refractivity contribution in [1.29, 1.82) is 5.26 Å². The van der Waals surface area contributed by atoms with Crippen molar-refractivity contribution >= 4 is 23.0 Å². The van der Waals surface area contributed by atoms with Gasteiger partial charge >= 0.3 is 6.18 Å². The molecule has 0 saturated heterocycles. The molecule has 0 aliphatic rings. The van der Waals surface area contributed by atoms with Crippen molar-refractivity contribution < 1.29 is 13.2 Å². The Kier molecular flexibility index (Phi) is 5.87. The van der Waals surface area contributed by atoms with Gasteiger partial charge in [0.25, 0.3) is 0 Å². The zero-order valence-electron chi connectivity index (χ0n) is 16.8. The second kappa shape index (κ2) is 8.76. The van der Waals surface area contributed by atoms with Crippen LogP contribution in [0.5, 0.6) is 0 Å². The van der Waals surface area contributed by atoms with E-state index in [-0.39, 0.29) is 5.95 Å². The Balaban J connectivity index is 1.57. The predicted molar refractivity (Wildman–Crippen MR) is 114 cm³/mol. The molecule has 11 heteroatoms. The molecule has 1 aromatic carbocycles. The maximum Gasteiger partial charge on any atom is 0.433 e. The molecular weight excluding hydrogens is 439 g/mol. The summed E-state index contributed by atoms with van der Waals surface area (Å²) >= 11 is 1.47. The first-order chi connectivity index (χ1) is 15.3. The van der Waals surface area contributed by atoms with Crippen molar-refractivity contribution in [3.05, 3.63) is 60.3 Å². The van der Waals surface area contributed by atoms with Crippen LogP contribution < -0.4 is 5.32 Å². The number of hydrogen-bond acceptors (Lipinski definition) is 7. The number of alkyl halides is 3. The summed E-state index contributed by atoms with van der Waals surface area (Å²) in [5.41, 5.74) is 2.18. The quantitative estimate of drug-likeness (QED) is 0.416. The maximum absolute atomic E-state index is 12.9. The number of aryl methyl sites for hydroxylation is 2. The first kappa shape index (κ1) is 21.5. The molecule has 0 bridgehead atoms. The number of nitrogens with one attached hydrogen (secondary N) is 1. The number of halogens is 3. The minimum Gasteiger partial charge on any atom is -0.324 e. The highest BCUT2D eigenvalue weighted by Gasteiger charge is 2.32. The highest BCUT2D eigenvalue weighted by molar-refractivity contribution is 7.18. The lowest BCUT2D eigenvalue weighted by atomic mass is 10.1. The van der Waals surface area contributed by atoms with Crippen molar-refractivity contribution in [2.24, 2.45) is 0 Å². The standard InChI is InChI=1S/C21H16F3N7S/c1-13-7-14(9-16(8-13)29-20-26-5-3-18(30-20)21(22,23)24)17-11-27-19(32-17)15-10-28-31(12-15)6-2-4-25/h3,5,7-12H,2,6H2,1H3,(H,26,29,30). The average molecular weight is 455 g/mol. The van der Waals surface area contributed by atoms with Crippen LogP contribution in [0.2, 0.25) is 0 Å². The minimum atomic E-state index is -4.54. The summed E-state index contributed by atoms with van der Waals surface area (Å²) in [5, 5.41) is 16.6. The van der Waals surface area contributed by atoms with Gasteiger partial charge in [0, 0.05) is 29.8 Å². The molecule has 0 radical (unpaired) electrons. The highest BCUT2D eigenvalue weighted by atomic mass is 32.1. The van der Waals surface area contributed by atoms with Crippen LogP contribution in [0.4, 0.5) is 24.8 Å². The molecule has 32 heavy (non-hydrogen) atoms. The van der Waals surface area contributed by atoms with E-state index in [0.29, 0.717) is 18.7 Å². The summed E-state index contributed by atoms with van der Waals surface area (Å²) in [6.45, 7) is 2.40. The van der Waals surface area contributed by atoms with E-state index in [1.807, 2.05) is 25.3 Å². The van der Waals surface area contributed by atoms with Gasteiger partial charge in [-0.3, -0.25) is 4.68 Å². The number of hydrogen-bond donors (Lipinski definition) is 1. The van der Waals surface area contributed by atoms with E-state index >= 15 is 0 Å². The van der Waals surface area contributed by atoms with E-state index in [4.69, 9.17) is 5.26 Å². The van der Waals surface area contributed by atoms with Gasteiger partial charge in [-0.15, -0.1) is 11.3 Å². The van der Waals surface area contributed by atoms with Crippen molar-refractivity contribution in [2.45, 2.75) is 26.1 Å². The number of nitrogens with zero attached hydrogens (tertiary/aromatic N) is 6. The van der Waals surface area contributed by atoms with E-state index in [1.54, 1.807) is 23.1 Å². The number of nitriles is 1. The van der Waals surface area contributed by atoms with E-state index in [9.17, 15) is 13.2 Å². The Labute approximate surface area is 185 Å². The second-order valence-corrected chi connectivity index (χ2v) is 7.94. The van der Waals surface area contributed by atoms with Crippen LogP contribution >= 0.6 is 11.3 Å². The minimum absolute atomic E-state index is 0.133. The molecular formula is C21H16F3N7S. The smallest absolute Gasteiger partial charge is 0.324 e. The lowest BCUT2D eigenvalue weighted by molar-refractivity contribution is -0.141. The van der Waals surface area contributed by atoms with Crippen LogP contribution in [-0.2, 0) is 12.7 Å². The fourth-order valence-corrected chi connectivity index (χ4v) is 3.88. The lowest BCUT2D eigenvalue weighted by Crippen LogP contribution is -2.10. The van der Waals surface area contributed by atoms with E-state index in [0.717, 1.165) is 38.8 Å². The summed E-state index contributed by atoms with van der Waals surface area (Å²) < 4.78 is 40.5. The fraction of sp³-hybridized carbons (Fsp3) is 0.190. The maximum atomic E-state index is 12.9. The first-order valence-electron chi connectivity index (χ1n) is 9.47. The summed E-state index contributed by atoms with van der Waals surface area (Å²) in [6, 6.07) is 8.49. The third-order valence-electron chi connectivity index (χ3n) is 4.40. The summed E-state index contributed by atoms with van der Waals surface area (Å²) in [5.74, 6) is -0.133. The van der Waals surface area contributed by atoms with Crippen LogP contribution in [-0.4, -0.2) is 24.7 Å². The van der Waals surface area contributed by atoms with Crippen LogP contribution in [0.3, 0.4) is 0 Å². The summed E-state index contributed by atoms with van der Waals surface area (Å²) in [7, 11) is 0. The fourth-order valence-electron chi connectivity index (χ4n) is 3.01. The van der Waals surface area contributed by atoms with Crippen molar-refractivity contribution in [2.75, 3.05) is 5.32 Å². The highest BCUT2D eigenvalue weighted by Crippen LogP contribution is 2.34. The monoisotopic (exact) mass is 455 g/mol. The number of rotatable bonds is 6. The average Bonchev–Trinajstić information content (AvgIpc) is 3.41. The Morgan fingerprint density at radius 2 is 2.00 bits per heavy atom. The van der Waals surface area contributed by atoms with Crippen molar-refractivity contribution in [1.82, 2.24) is 24.7 Å². The van der Waals surface area contributed by atoms with Crippen LogP contribution in [0.25, 0.3) is 21.0 Å². The molecule has 0 saturated carbocycles. The molecule has 0 aliphatic carbocycles. The molecule has 0 spiro atoms. The van der Waals surface area contributed by atoms with Crippen molar-refractivity contribution in [3.8, 4) is 27.1 Å². The molecule has 7 nitrogen and oxygen atoms in total. The largest absolute Gasteiger partial charge is 0.433 e. The van der Waals surface area contributed by atoms with E-state index < -0.39 is 11.9 Å². The van der Waals surface area contributed by atoms with Gasteiger partial charge < -0.3 is 5.32 Å². The molecule has 0 fully saturated rings. The van der Waals surface area contributed by atoms with Crippen LogP contribution in [0, 0.1) is 18.3 Å². The Hall–Kier alpha value is -3.78. The zero-order chi connectivity index (χ0) is 22.7. The molecule has 1 N–H and O–H groups in total. The number of benzene rings is 1. The van der Waals surface area contributed by atoms with Gasteiger partial charge in [-0.05, 0) is 36.2 Å². The molecule has 4 rings (SSSR count). The number of thiazole rings is 1. The normalized spacial score (nSPS) is 11.3. The first-order valence-corrected chi connectivity index (χ1v) is 10.3. The van der Waals surface area contributed by atoms with Gasteiger partial charge in [0.05, 0.1) is 30.1 Å². The molecule has 0 aliphatic heterocycles. The molecule has 0 unspecified atom stereocenters. The SMILES string of the molecule is Cc1cc(Nc2nccc(C(F)(F)F)n2)cc(-c2cnc(-c3cnn(CCC#N)c3)s2)c1. The Bertz CT molecular complexity index is 1290. The summed E-state index contributed by atoms with van der Waals surface area (Å²) in [6.07, 6.45) is 2.19. The topological polar surface area (TPSA) is 92.3 Å². The van der Waals surface area contributed by atoms with E-state index in [1.165, 1.54) is 11.3 Å². The molecule has 0 amide bonds. The van der Waals surface area contributed by atoms with Crippen LogP contribution in [0.15, 0.2) is 49.1 Å². The zero-order valence-corrected chi connectivity index (χ0v) is 17.6. The van der Waals surface area contributed by atoms with Gasteiger partial charge in [0.2, 0.25) is 5.95 Å². The number of anilines is 2. The van der Waals surface area contributed by atoms with E-state index in [2.05, 4.69) is 31.4 Å².